The van der Waals surface area contributed by atoms with Crippen molar-refractivity contribution in [3.63, 3.8) is 0 Å². The second kappa shape index (κ2) is 5.06. The van der Waals surface area contributed by atoms with Crippen molar-refractivity contribution in [1.29, 1.82) is 0 Å². The van der Waals surface area contributed by atoms with Crippen LogP contribution in [0, 0.1) is 5.92 Å². The van der Waals surface area contributed by atoms with Crippen molar-refractivity contribution in [2.45, 2.75) is 31.8 Å². The monoisotopic (exact) mass is 263 g/mol. The zero-order valence-corrected chi connectivity index (χ0v) is 11.8. The molecule has 20 heavy (non-hydrogen) atoms. The fourth-order valence-electron chi connectivity index (χ4n) is 4.00. The smallest absolute Gasteiger partial charge is 0.0236 e. The molecule has 0 radical (unpaired) electrons. The van der Waals surface area contributed by atoms with Crippen LogP contribution in [0.25, 0.3) is 0 Å². The zero-order chi connectivity index (χ0) is 13.4. The highest BCUT2D eigenvalue weighted by atomic mass is 15.2. The lowest BCUT2D eigenvalue weighted by molar-refractivity contribution is 0.208. The van der Waals surface area contributed by atoms with Gasteiger partial charge in [0.05, 0.1) is 0 Å². The second-order valence-electron chi connectivity index (χ2n) is 6.25. The van der Waals surface area contributed by atoms with Crippen molar-refractivity contribution in [3.8, 4) is 0 Å². The molecule has 2 aromatic carbocycles. The van der Waals surface area contributed by atoms with E-state index >= 15 is 0 Å². The van der Waals surface area contributed by atoms with Gasteiger partial charge in [0, 0.05) is 12.6 Å². The molecule has 0 unspecified atom stereocenters. The van der Waals surface area contributed by atoms with E-state index in [4.69, 9.17) is 0 Å². The van der Waals surface area contributed by atoms with Crippen molar-refractivity contribution in [2.75, 3.05) is 6.54 Å². The Bertz CT molecular complexity index is 590. The topological polar surface area (TPSA) is 3.24 Å². The van der Waals surface area contributed by atoms with Crippen molar-refractivity contribution in [2.24, 2.45) is 5.92 Å². The lowest BCUT2D eigenvalue weighted by Crippen LogP contribution is -2.37. The summed E-state index contributed by atoms with van der Waals surface area (Å²) in [5, 5.41) is 0. The van der Waals surface area contributed by atoms with Crippen LogP contribution in [0.15, 0.2) is 54.6 Å². The third-order valence-electron chi connectivity index (χ3n) is 5.06. The summed E-state index contributed by atoms with van der Waals surface area (Å²) in [6.45, 7) is 2.38. The lowest BCUT2D eigenvalue weighted by atomic mass is 9.80. The third kappa shape index (κ3) is 2.16. The molecule has 1 nitrogen and oxygen atoms in total. The van der Waals surface area contributed by atoms with Gasteiger partial charge in [-0.15, -0.1) is 0 Å². The van der Waals surface area contributed by atoms with Crippen LogP contribution in [0.3, 0.4) is 0 Å². The maximum atomic E-state index is 2.70. The van der Waals surface area contributed by atoms with E-state index in [2.05, 4.69) is 59.5 Å². The first-order chi connectivity index (χ1) is 9.90. The van der Waals surface area contributed by atoms with Crippen LogP contribution in [-0.2, 0) is 19.4 Å². The van der Waals surface area contributed by atoms with Crippen molar-refractivity contribution in [1.82, 2.24) is 4.90 Å². The summed E-state index contributed by atoms with van der Waals surface area (Å²) < 4.78 is 0. The van der Waals surface area contributed by atoms with E-state index in [0.717, 1.165) is 18.5 Å². The Morgan fingerprint density at radius 3 is 2.35 bits per heavy atom. The molecule has 4 rings (SSSR count). The first-order valence-corrected chi connectivity index (χ1v) is 7.75. The van der Waals surface area contributed by atoms with Crippen LogP contribution in [0.2, 0.25) is 0 Å². The van der Waals surface area contributed by atoms with E-state index in [-0.39, 0.29) is 0 Å². The van der Waals surface area contributed by atoms with Gasteiger partial charge in [-0.25, -0.2) is 0 Å². The first kappa shape index (κ1) is 12.2. The number of likely N-dealkylation sites (tertiary alicyclic amines) is 1. The highest BCUT2D eigenvalue weighted by Gasteiger charge is 2.37. The summed E-state index contributed by atoms with van der Waals surface area (Å²) in [6.07, 6.45) is 3.89. The summed E-state index contributed by atoms with van der Waals surface area (Å²) >= 11 is 0. The number of fused-ring (bicyclic) bond motifs is 2. The number of hydrogen-bond acceptors (Lipinski definition) is 1. The maximum absolute atomic E-state index is 2.70. The minimum Gasteiger partial charge on any atom is -0.296 e. The van der Waals surface area contributed by atoms with Crippen LogP contribution < -0.4 is 0 Å². The van der Waals surface area contributed by atoms with Gasteiger partial charge in [-0.1, -0.05) is 54.6 Å². The molecule has 0 amide bonds. The van der Waals surface area contributed by atoms with E-state index < -0.39 is 0 Å². The van der Waals surface area contributed by atoms with E-state index in [9.17, 15) is 0 Å². The van der Waals surface area contributed by atoms with Crippen LogP contribution in [0.5, 0.6) is 0 Å². The largest absolute Gasteiger partial charge is 0.296 e. The molecule has 2 aliphatic rings. The summed E-state index contributed by atoms with van der Waals surface area (Å²) in [7, 11) is 0. The molecule has 2 aromatic rings. The molecule has 102 valence electrons. The minimum atomic E-state index is 0.755. The molecule has 1 aliphatic carbocycles. The van der Waals surface area contributed by atoms with Crippen LogP contribution >= 0.6 is 0 Å². The Kier molecular flexibility index (Phi) is 3.08. The number of rotatable bonds is 2. The number of benzene rings is 2. The molecule has 2 atom stereocenters. The fourth-order valence-corrected chi connectivity index (χ4v) is 4.00. The van der Waals surface area contributed by atoms with Gasteiger partial charge in [-0.05, 0) is 48.4 Å². The normalized spacial score (nSPS) is 25.2. The van der Waals surface area contributed by atoms with E-state index in [1.807, 2.05) is 0 Å². The Balaban J connectivity index is 1.55. The quantitative estimate of drug-likeness (QED) is 0.799. The van der Waals surface area contributed by atoms with Gasteiger partial charge >= 0.3 is 0 Å². The highest BCUT2D eigenvalue weighted by molar-refractivity contribution is 5.32. The number of nitrogens with zero attached hydrogens (tertiary/aromatic N) is 1. The van der Waals surface area contributed by atoms with Gasteiger partial charge in [0.15, 0.2) is 0 Å². The molecule has 0 saturated carbocycles. The van der Waals surface area contributed by atoms with E-state index in [1.54, 1.807) is 11.1 Å². The third-order valence-corrected chi connectivity index (χ3v) is 5.06. The van der Waals surface area contributed by atoms with Gasteiger partial charge in [0.1, 0.15) is 0 Å². The van der Waals surface area contributed by atoms with Crippen molar-refractivity contribution < 1.29 is 0 Å². The van der Waals surface area contributed by atoms with Crippen molar-refractivity contribution >= 4 is 0 Å². The molecular weight excluding hydrogens is 242 g/mol. The molecule has 0 N–H and O–H groups in total. The summed E-state index contributed by atoms with van der Waals surface area (Å²) in [5.41, 5.74) is 4.62. The van der Waals surface area contributed by atoms with Crippen LogP contribution in [0.1, 0.15) is 23.1 Å². The van der Waals surface area contributed by atoms with Crippen molar-refractivity contribution in [3.05, 3.63) is 71.3 Å². The standard InChI is InChI=1S/C19H21N/c1-2-6-15(7-3-1)14-20-11-10-18-12-16-8-4-5-9-17(16)13-19(18)20/h1-9,18-19H,10-14H2/t18-,19+/m1/s1. The Labute approximate surface area is 121 Å². The van der Waals surface area contributed by atoms with Gasteiger partial charge in [0.2, 0.25) is 0 Å². The molecule has 1 fully saturated rings. The summed E-state index contributed by atoms with van der Waals surface area (Å²) in [5.74, 6) is 0.869. The predicted octanol–water partition coefficient (Wildman–Crippen LogP) is 3.68. The van der Waals surface area contributed by atoms with E-state index in [1.165, 1.54) is 31.4 Å². The highest BCUT2D eigenvalue weighted by Crippen LogP contribution is 2.36. The molecule has 1 saturated heterocycles. The van der Waals surface area contributed by atoms with Gasteiger partial charge in [0.25, 0.3) is 0 Å². The zero-order valence-electron chi connectivity index (χ0n) is 11.8. The molecule has 0 spiro atoms. The van der Waals surface area contributed by atoms with Crippen LogP contribution in [0.4, 0.5) is 0 Å². The van der Waals surface area contributed by atoms with Gasteiger partial charge < -0.3 is 0 Å². The Morgan fingerprint density at radius 1 is 0.850 bits per heavy atom. The average Bonchev–Trinajstić information content (AvgIpc) is 2.88. The summed E-state index contributed by atoms with van der Waals surface area (Å²) in [6, 6.07) is 20.7. The molecule has 0 aromatic heterocycles. The second-order valence-corrected chi connectivity index (χ2v) is 6.25. The summed E-state index contributed by atoms with van der Waals surface area (Å²) in [4.78, 5) is 2.70. The Morgan fingerprint density at radius 2 is 1.55 bits per heavy atom. The van der Waals surface area contributed by atoms with E-state index in [0.29, 0.717) is 0 Å². The van der Waals surface area contributed by atoms with Gasteiger partial charge in [-0.2, -0.15) is 0 Å². The first-order valence-electron chi connectivity index (χ1n) is 7.75. The molecule has 1 aliphatic heterocycles. The van der Waals surface area contributed by atoms with Gasteiger partial charge in [-0.3, -0.25) is 4.90 Å². The molecular formula is C19H21N. The predicted molar refractivity (Wildman–Crippen MR) is 82.6 cm³/mol. The molecule has 1 heterocycles. The Hall–Kier alpha value is -1.60. The SMILES string of the molecule is c1ccc(CN2CC[C@@H]3Cc4ccccc4C[C@@H]32)cc1. The average molecular weight is 263 g/mol. The molecule has 1 heteroatoms. The minimum absolute atomic E-state index is 0.755. The lowest BCUT2D eigenvalue weighted by Gasteiger charge is -2.33. The van der Waals surface area contributed by atoms with Crippen LogP contribution in [-0.4, -0.2) is 17.5 Å². The number of hydrogen-bond donors (Lipinski definition) is 0. The maximum Gasteiger partial charge on any atom is 0.0236 e. The molecule has 0 bridgehead atoms. The fraction of sp³-hybridized carbons (Fsp3) is 0.368.